The lowest BCUT2D eigenvalue weighted by Gasteiger charge is -2.32. The van der Waals surface area contributed by atoms with Gasteiger partial charge in [0.1, 0.15) is 5.56 Å². The van der Waals surface area contributed by atoms with Crippen LogP contribution in [0.5, 0.6) is 0 Å². The van der Waals surface area contributed by atoms with E-state index in [0.717, 1.165) is 17.9 Å². The van der Waals surface area contributed by atoms with Crippen LogP contribution in [0.1, 0.15) is 43.5 Å². The number of likely N-dealkylation sites (tertiary alicyclic amines) is 1. The maximum absolute atomic E-state index is 13.4. The fourth-order valence-corrected chi connectivity index (χ4v) is 3.95. The lowest BCUT2D eigenvalue weighted by Crippen LogP contribution is -2.44. The average Bonchev–Trinajstić information content (AvgIpc) is 3.49. The first-order chi connectivity index (χ1) is 15.1. The first kappa shape index (κ1) is 20.9. The number of hydrogen-bond donors (Lipinski definition) is 1. The van der Waals surface area contributed by atoms with Crippen molar-refractivity contribution < 1.29 is 9.59 Å². The maximum atomic E-state index is 13.4. The highest BCUT2D eigenvalue weighted by molar-refractivity contribution is 5.97. The summed E-state index contributed by atoms with van der Waals surface area (Å²) in [5.74, 6) is 0.741. The van der Waals surface area contributed by atoms with E-state index in [1.54, 1.807) is 10.9 Å². The molecular weight excluding hydrogens is 390 g/mol. The number of aromatic nitrogens is 3. The Kier molecular flexibility index (Phi) is 6.21. The van der Waals surface area contributed by atoms with Crippen molar-refractivity contribution >= 4 is 11.8 Å². The molecule has 7 nitrogen and oxygen atoms in total. The topological polar surface area (TPSA) is 72.2 Å². The summed E-state index contributed by atoms with van der Waals surface area (Å²) in [6.45, 7) is 5.21. The Morgan fingerprint density at radius 1 is 1.10 bits per heavy atom. The van der Waals surface area contributed by atoms with Crippen LogP contribution in [0.15, 0.2) is 61.1 Å². The minimum Gasteiger partial charge on any atom is -0.353 e. The zero-order chi connectivity index (χ0) is 21.8. The van der Waals surface area contributed by atoms with Crippen LogP contribution in [0, 0.1) is 5.92 Å². The number of para-hydroxylation sites is 1. The normalized spacial score (nSPS) is 15.6. The maximum Gasteiger partial charge on any atom is 0.259 e. The molecule has 1 aliphatic rings. The molecule has 2 aromatic heterocycles. The molecule has 1 fully saturated rings. The Morgan fingerprint density at radius 2 is 1.77 bits per heavy atom. The molecule has 2 amide bonds. The van der Waals surface area contributed by atoms with Crippen molar-refractivity contribution in [3.63, 3.8) is 0 Å². The van der Waals surface area contributed by atoms with E-state index >= 15 is 0 Å². The second kappa shape index (κ2) is 9.20. The fourth-order valence-electron chi connectivity index (χ4n) is 3.95. The van der Waals surface area contributed by atoms with Crippen LogP contribution in [-0.2, 0) is 4.79 Å². The average molecular weight is 420 g/mol. The highest BCUT2D eigenvalue weighted by atomic mass is 16.2. The number of hydrogen-bond acceptors (Lipinski definition) is 3. The molecule has 7 heteroatoms. The van der Waals surface area contributed by atoms with Gasteiger partial charge in [0.05, 0.1) is 11.9 Å². The summed E-state index contributed by atoms with van der Waals surface area (Å²) in [4.78, 5) is 27.7. The minimum atomic E-state index is -0.0494. The number of nitrogens with one attached hydrogen (secondary N) is 1. The van der Waals surface area contributed by atoms with Gasteiger partial charge in [0, 0.05) is 37.4 Å². The van der Waals surface area contributed by atoms with Gasteiger partial charge in [0.25, 0.3) is 5.91 Å². The molecule has 1 unspecified atom stereocenters. The first-order valence-electron chi connectivity index (χ1n) is 10.9. The van der Waals surface area contributed by atoms with Gasteiger partial charge in [0.2, 0.25) is 5.91 Å². The van der Waals surface area contributed by atoms with E-state index in [4.69, 9.17) is 0 Å². The third-order valence-electron chi connectivity index (χ3n) is 5.98. The van der Waals surface area contributed by atoms with Crippen molar-refractivity contribution in [1.29, 1.82) is 0 Å². The zero-order valence-electron chi connectivity index (χ0n) is 18.1. The SMILES string of the molecule is CCC(C)NC(=O)C1CCN(C(=O)c2cnn(-c3ccccc3)c2-n2cccc2)CC1. The summed E-state index contributed by atoms with van der Waals surface area (Å²) in [6.07, 6.45) is 7.75. The van der Waals surface area contributed by atoms with Crippen molar-refractivity contribution in [2.75, 3.05) is 13.1 Å². The molecule has 31 heavy (non-hydrogen) atoms. The van der Waals surface area contributed by atoms with Crippen molar-refractivity contribution in [2.45, 2.75) is 39.2 Å². The highest BCUT2D eigenvalue weighted by Gasteiger charge is 2.30. The number of nitrogens with zero attached hydrogens (tertiary/aromatic N) is 4. The van der Waals surface area contributed by atoms with Crippen LogP contribution < -0.4 is 5.32 Å². The summed E-state index contributed by atoms with van der Waals surface area (Å²) >= 11 is 0. The van der Waals surface area contributed by atoms with Gasteiger partial charge in [-0.25, -0.2) is 4.68 Å². The Balaban J connectivity index is 1.54. The van der Waals surface area contributed by atoms with E-state index in [0.29, 0.717) is 31.5 Å². The van der Waals surface area contributed by atoms with Crippen molar-refractivity contribution in [1.82, 2.24) is 24.6 Å². The number of amides is 2. The van der Waals surface area contributed by atoms with Crippen LogP contribution in [0.3, 0.4) is 0 Å². The van der Waals surface area contributed by atoms with Gasteiger partial charge in [-0.2, -0.15) is 5.10 Å². The van der Waals surface area contributed by atoms with Crippen LogP contribution in [0.4, 0.5) is 0 Å². The molecule has 1 N–H and O–H groups in total. The summed E-state index contributed by atoms with van der Waals surface area (Å²) < 4.78 is 3.71. The molecule has 0 radical (unpaired) electrons. The first-order valence-corrected chi connectivity index (χ1v) is 10.9. The molecule has 3 heterocycles. The third kappa shape index (κ3) is 4.40. The molecule has 3 aromatic rings. The van der Waals surface area contributed by atoms with Crippen molar-refractivity contribution in [2.24, 2.45) is 5.92 Å². The van der Waals surface area contributed by atoms with Gasteiger partial charge in [-0.3, -0.25) is 9.59 Å². The summed E-state index contributed by atoms with van der Waals surface area (Å²) in [5, 5.41) is 7.59. The van der Waals surface area contributed by atoms with Crippen LogP contribution in [-0.4, -0.2) is 50.2 Å². The molecule has 0 spiro atoms. The minimum absolute atomic E-state index is 0.0333. The Bertz CT molecular complexity index is 1020. The van der Waals surface area contributed by atoms with E-state index in [9.17, 15) is 9.59 Å². The second-order valence-electron chi connectivity index (χ2n) is 8.10. The Morgan fingerprint density at radius 3 is 2.42 bits per heavy atom. The molecule has 0 saturated carbocycles. The molecule has 1 saturated heterocycles. The predicted octanol–water partition coefficient (Wildman–Crippen LogP) is 3.43. The quantitative estimate of drug-likeness (QED) is 0.665. The van der Waals surface area contributed by atoms with Gasteiger partial charge in [0.15, 0.2) is 5.82 Å². The molecule has 162 valence electrons. The van der Waals surface area contributed by atoms with Gasteiger partial charge in [-0.15, -0.1) is 0 Å². The monoisotopic (exact) mass is 419 g/mol. The van der Waals surface area contributed by atoms with Crippen LogP contribution in [0.25, 0.3) is 11.5 Å². The van der Waals surface area contributed by atoms with Gasteiger partial charge >= 0.3 is 0 Å². The molecule has 1 aliphatic heterocycles. The van der Waals surface area contributed by atoms with Crippen LogP contribution >= 0.6 is 0 Å². The van der Waals surface area contributed by atoms with Crippen LogP contribution in [0.2, 0.25) is 0 Å². The molecular formula is C24H29N5O2. The Labute approximate surface area is 182 Å². The van der Waals surface area contributed by atoms with E-state index in [-0.39, 0.29) is 23.8 Å². The summed E-state index contributed by atoms with van der Waals surface area (Å²) in [6, 6.07) is 13.8. The van der Waals surface area contributed by atoms with E-state index in [2.05, 4.69) is 17.3 Å². The Hall–Kier alpha value is -3.35. The number of carbonyl (C=O) groups is 2. The smallest absolute Gasteiger partial charge is 0.259 e. The molecule has 0 bridgehead atoms. The third-order valence-corrected chi connectivity index (χ3v) is 5.98. The number of carbonyl (C=O) groups excluding carboxylic acids is 2. The van der Waals surface area contributed by atoms with Crippen molar-refractivity contribution in [3.05, 3.63) is 66.6 Å². The summed E-state index contributed by atoms with van der Waals surface area (Å²) in [7, 11) is 0. The highest BCUT2D eigenvalue weighted by Crippen LogP contribution is 2.24. The standard InChI is InChI=1S/C24H29N5O2/c1-3-18(2)26-22(30)19-11-15-28(16-12-19)24(31)21-17-25-29(20-9-5-4-6-10-20)23(21)27-13-7-8-14-27/h4-10,13-14,17-19H,3,11-12,15-16H2,1-2H3,(H,26,30). The van der Waals surface area contributed by atoms with E-state index < -0.39 is 0 Å². The second-order valence-corrected chi connectivity index (χ2v) is 8.10. The van der Waals surface area contributed by atoms with E-state index in [1.807, 2.05) is 71.2 Å². The fraction of sp³-hybridized carbons (Fsp3) is 0.375. The number of rotatable bonds is 6. The zero-order valence-corrected chi connectivity index (χ0v) is 18.1. The number of benzene rings is 1. The van der Waals surface area contributed by atoms with Crippen molar-refractivity contribution in [3.8, 4) is 11.5 Å². The number of piperidine rings is 1. The largest absolute Gasteiger partial charge is 0.353 e. The van der Waals surface area contributed by atoms with E-state index in [1.165, 1.54) is 0 Å². The summed E-state index contributed by atoms with van der Waals surface area (Å²) in [5.41, 5.74) is 1.45. The molecule has 1 aromatic carbocycles. The van der Waals surface area contributed by atoms with Gasteiger partial charge in [-0.1, -0.05) is 25.1 Å². The van der Waals surface area contributed by atoms with Gasteiger partial charge < -0.3 is 14.8 Å². The lowest BCUT2D eigenvalue weighted by atomic mass is 9.95. The molecule has 4 rings (SSSR count). The molecule has 0 aliphatic carbocycles. The predicted molar refractivity (Wildman–Crippen MR) is 119 cm³/mol. The van der Waals surface area contributed by atoms with Gasteiger partial charge in [-0.05, 0) is 50.5 Å². The lowest BCUT2D eigenvalue weighted by molar-refractivity contribution is -0.126. The molecule has 1 atom stereocenters.